The van der Waals surface area contributed by atoms with Crippen molar-refractivity contribution >= 4 is 52.5 Å². The fraction of sp³-hybridized carbons (Fsp3) is 0. The predicted molar refractivity (Wildman–Crippen MR) is 78.2 cm³/mol. The topological polar surface area (TPSA) is 119 Å². The first-order valence-electron chi connectivity index (χ1n) is 5.48. The van der Waals surface area contributed by atoms with Gasteiger partial charge in [0.1, 0.15) is 10.4 Å². The van der Waals surface area contributed by atoms with Crippen molar-refractivity contribution in [2.24, 2.45) is 0 Å². The molecule has 0 saturated carbocycles. The average Bonchev–Trinajstić information content (AvgIpc) is 2.87. The molecule has 0 saturated heterocycles. The summed E-state index contributed by atoms with van der Waals surface area (Å²) in [7, 11) is 0. The molecule has 4 rings (SSSR count). The zero-order valence-electron chi connectivity index (χ0n) is 9.57. The summed E-state index contributed by atoms with van der Waals surface area (Å²) in [4.78, 5) is 42.0. The van der Waals surface area contributed by atoms with E-state index in [1.54, 1.807) is 0 Å². The lowest BCUT2D eigenvalue weighted by atomic mass is 10.3. The molecular formula is C11H5N3O4S2. The van der Waals surface area contributed by atoms with E-state index in [1.807, 2.05) is 0 Å². The van der Waals surface area contributed by atoms with Gasteiger partial charge in [-0.15, -0.1) is 22.7 Å². The molecule has 4 N–H and O–H groups in total. The molecule has 0 atom stereocenters. The van der Waals surface area contributed by atoms with E-state index in [-0.39, 0.29) is 5.75 Å². The molecule has 0 fully saturated rings. The van der Waals surface area contributed by atoms with Gasteiger partial charge in [-0.2, -0.15) is 0 Å². The summed E-state index contributed by atoms with van der Waals surface area (Å²) < 4.78 is 1.66. The van der Waals surface area contributed by atoms with Gasteiger partial charge in [-0.05, 0) is 0 Å². The minimum atomic E-state index is -0.607. The minimum absolute atomic E-state index is 0.113. The van der Waals surface area contributed by atoms with Gasteiger partial charge in [-0.25, -0.2) is 4.79 Å². The van der Waals surface area contributed by atoms with E-state index in [9.17, 15) is 19.5 Å². The number of aromatic amines is 3. The molecule has 0 spiro atoms. The molecule has 0 radical (unpaired) electrons. The fourth-order valence-electron chi connectivity index (χ4n) is 2.20. The summed E-state index contributed by atoms with van der Waals surface area (Å²) in [6.45, 7) is 0. The van der Waals surface area contributed by atoms with Crippen LogP contribution in [0.4, 0.5) is 0 Å². The van der Waals surface area contributed by atoms with Crippen molar-refractivity contribution in [2.75, 3.05) is 0 Å². The normalized spacial score (nSPS) is 11.8. The number of hydrogen-bond acceptors (Lipinski definition) is 6. The fourth-order valence-corrected chi connectivity index (χ4v) is 4.67. The summed E-state index contributed by atoms with van der Waals surface area (Å²) in [6.07, 6.45) is 0. The molecule has 0 aliphatic carbocycles. The summed E-state index contributed by atoms with van der Waals surface area (Å²) >= 11 is 2.47. The number of fused-ring (bicyclic) bond motifs is 5. The third kappa shape index (κ3) is 1.35. The standard InChI is InChI=1S/C11H5N3O4S2/c15-2-1-3(16)12-5-4-6-8(9(17)14-11(18)13-6)20-10(4)19-7(2)5/h1H,(H2,12,15,16)(H2,13,14,17,18). The third-order valence-electron chi connectivity index (χ3n) is 2.97. The number of H-pyrrole nitrogens is 3. The van der Waals surface area contributed by atoms with E-state index < -0.39 is 16.8 Å². The number of hydrogen-bond donors (Lipinski definition) is 4. The lowest BCUT2D eigenvalue weighted by Crippen LogP contribution is -2.20. The highest BCUT2D eigenvalue weighted by Gasteiger charge is 2.17. The van der Waals surface area contributed by atoms with Crippen molar-refractivity contribution in [3.63, 3.8) is 0 Å². The first kappa shape index (κ1) is 11.4. The van der Waals surface area contributed by atoms with Crippen molar-refractivity contribution < 1.29 is 5.11 Å². The Hall–Kier alpha value is -2.39. The number of aromatic hydroxyl groups is 1. The number of rotatable bonds is 0. The second kappa shape index (κ2) is 3.58. The number of nitrogens with one attached hydrogen (secondary N) is 3. The summed E-state index contributed by atoms with van der Waals surface area (Å²) in [6, 6.07) is 1.10. The zero-order chi connectivity index (χ0) is 14.0. The molecule has 0 aliphatic rings. The molecule has 100 valence electrons. The predicted octanol–water partition coefficient (Wildman–Crippen LogP) is 1.04. The van der Waals surface area contributed by atoms with Gasteiger partial charge < -0.3 is 15.1 Å². The molecule has 7 nitrogen and oxygen atoms in total. The molecule has 0 aliphatic heterocycles. The molecule has 4 heterocycles. The van der Waals surface area contributed by atoms with E-state index in [0.29, 0.717) is 25.8 Å². The molecule has 4 aromatic rings. The van der Waals surface area contributed by atoms with E-state index in [4.69, 9.17) is 0 Å². The van der Waals surface area contributed by atoms with Crippen LogP contribution in [0.1, 0.15) is 0 Å². The lowest BCUT2D eigenvalue weighted by Gasteiger charge is -1.94. The van der Waals surface area contributed by atoms with E-state index >= 15 is 0 Å². The zero-order valence-corrected chi connectivity index (χ0v) is 11.2. The maximum Gasteiger partial charge on any atom is 0.326 e. The van der Waals surface area contributed by atoms with Crippen molar-refractivity contribution in [3.05, 3.63) is 37.3 Å². The highest BCUT2D eigenvalue weighted by atomic mass is 32.2. The Balaban J connectivity index is 2.41. The van der Waals surface area contributed by atoms with Crippen LogP contribution in [0.2, 0.25) is 0 Å². The van der Waals surface area contributed by atoms with Crippen molar-refractivity contribution in [1.29, 1.82) is 0 Å². The van der Waals surface area contributed by atoms with E-state index in [0.717, 1.165) is 10.1 Å². The van der Waals surface area contributed by atoms with E-state index in [2.05, 4.69) is 15.0 Å². The Morgan fingerprint density at radius 1 is 0.950 bits per heavy atom. The third-order valence-corrected chi connectivity index (χ3v) is 5.46. The maximum atomic E-state index is 11.8. The van der Waals surface area contributed by atoms with Gasteiger partial charge in [0.25, 0.3) is 11.1 Å². The molecule has 4 aromatic heterocycles. The van der Waals surface area contributed by atoms with Gasteiger partial charge in [0.15, 0.2) is 0 Å². The van der Waals surface area contributed by atoms with Crippen LogP contribution in [0.5, 0.6) is 5.75 Å². The molecule has 0 bridgehead atoms. The van der Waals surface area contributed by atoms with Crippen LogP contribution in [0.25, 0.3) is 29.8 Å². The maximum absolute atomic E-state index is 11.8. The van der Waals surface area contributed by atoms with Crippen LogP contribution >= 0.6 is 22.7 Å². The van der Waals surface area contributed by atoms with Crippen LogP contribution in [0.3, 0.4) is 0 Å². The van der Waals surface area contributed by atoms with Crippen LogP contribution in [0.15, 0.2) is 20.4 Å². The van der Waals surface area contributed by atoms with Crippen LogP contribution in [-0.2, 0) is 0 Å². The molecule has 20 heavy (non-hydrogen) atoms. The Labute approximate surface area is 116 Å². The van der Waals surface area contributed by atoms with Crippen molar-refractivity contribution in [2.45, 2.75) is 0 Å². The molecule has 9 heteroatoms. The van der Waals surface area contributed by atoms with Gasteiger partial charge in [-0.3, -0.25) is 14.6 Å². The molecule has 0 aromatic carbocycles. The quantitative estimate of drug-likeness (QED) is 0.388. The largest absolute Gasteiger partial charge is 0.506 e. The summed E-state index contributed by atoms with van der Waals surface area (Å²) in [5, 5.41) is 10.4. The highest BCUT2D eigenvalue weighted by Crippen LogP contribution is 2.43. The molecule has 0 amide bonds. The van der Waals surface area contributed by atoms with Gasteiger partial charge in [0.05, 0.1) is 25.1 Å². The smallest absolute Gasteiger partial charge is 0.326 e. The van der Waals surface area contributed by atoms with Crippen LogP contribution < -0.4 is 16.8 Å². The number of pyridine rings is 1. The highest BCUT2D eigenvalue weighted by molar-refractivity contribution is 7.44. The van der Waals surface area contributed by atoms with Gasteiger partial charge >= 0.3 is 5.69 Å². The molecule has 0 unspecified atom stereocenters. The van der Waals surface area contributed by atoms with Gasteiger partial charge in [0.2, 0.25) is 0 Å². The second-order valence-corrected chi connectivity index (χ2v) is 6.50. The Kier molecular flexibility index (Phi) is 2.05. The molecular weight excluding hydrogens is 302 g/mol. The second-order valence-electron chi connectivity index (χ2n) is 4.20. The van der Waals surface area contributed by atoms with Crippen molar-refractivity contribution in [3.8, 4) is 5.75 Å². The minimum Gasteiger partial charge on any atom is -0.506 e. The van der Waals surface area contributed by atoms with Crippen LogP contribution in [-0.4, -0.2) is 20.1 Å². The van der Waals surface area contributed by atoms with Gasteiger partial charge in [0, 0.05) is 6.07 Å². The average molecular weight is 307 g/mol. The summed E-state index contributed by atoms with van der Waals surface area (Å²) in [5.41, 5.74) is -0.702. The first-order valence-corrected chi connectivity index (χ1v) is 7.11. The van der Waals surface area contributed by atoms with Crippen molar-refractivity contribution in [1.82, 2.24) is 15.0 Å². The van der Waals surface area contributed by atoms with E-state index in [1.165, 1.54) is 22.7 Å². The van der Waals surface area contributed by atoms with Crippen LogP contribution in [0, 0.1) is 0 Å². The Morgan fingerprint density at radius 3 is 2.45 bits per heavy atom. The lowest BCUT2D eigenvalue weighted by molar-refractivity contribution is 0.481. The Bertz CT molecular complexity index is 1170. The summed E-state index contributed by atoms with van der Waals surface area (Å²) in [5.74, 6) is -0.113. The number of aromatic nitrogens is 3. The van der Waals surface area contributed by atoms with Gasteiger partial charge in [-0.1, -0.05) is 0 Å². The monoisotopic (exact) mass is 307 g/mol. The SMILES string of the molecule is O=c1cc(O)c2sc3sc4c(=O)[nH]c(=O)[nH]c4c3c2[nH]1. The number of thiophene rings is 2. The first-order chi connectivity index (χ1) is 9.54. The Morgan fingerprint density at radius 2 is 1.65 bits per heavy atom.